The van der Waals surface area contributed by atoms with Crippen molar-refractivity contribution in [3.8, 4) is 0 Å². The minimum Gasteiger partial charge on any atom is -0.443 e. The molecule has 0 saturated carbocycles. The second-order valence-corrected chi connectivity index (χ2v) is 7.58. The Kier molecular flexibility index (Phi) is 5.70. The maximum Gasteiger partial charge on any atom is 0.417 e. The van der Waals surface area contributed by atoms with Gasteiger partial charge in [-0.15, -0.1) is 11.8 Å². The molecule has 2 atom stereocenters. The van der Waals surface area contributed by atoms with Crippen molar-refractivity contribution in [3.63, 3.8) is 0 Å². The number of nitrogens with zero attached hydrogens (tertiary/aromatic N) is 1. The predicted molar refractivity (Wildman–Crippen MR) is 92.2 cm³/mol. The minimum atomic E-state index is -0.649. The van der Waals surface area contributed by atoms with Gasteiger partial charge >= 0.3 is 6.09 Å². The van der Waals surface area contributed by atoms with E-state index in [2.05, 4.69) is 5.32 Å². The fourth-order valence-electron chi connectivity index (χ4n) is 2.35. The molecule has 0 unspecified atom stereocenters. The summed E-state index contributed by atoms with van der Waals surface area (Å²) >= 11 is 1.65. The minimum absolute atomic E-state index is 0.236. The fraction of sp³-hybridized carbons (Fsp3) is 0.529. The molecule has 1 fully saturated rings. The summed E-state index contributed by atoms with van der Waals surface area (Å²) in [6, 6.07) is 8.79. The topological polar surface area (TPSA) is 58.6 Å². The molecule has 1 heterocycles. The molecule has 1 aromatic carbocycles. The monoisotopic (exact) mass is 336 g/mol. The van der Waals surface area contributed by atoms with Crippen molar-refractivity contribution in [2.24, 2.45) is 0 Å². The molecule has 0 aliphatic carbocycles. The number of benzene rings is 1. The Bertz CT molecular complexity index is 551. The molecule has 0 radical (unpaired) electrons. The third-order valence-electron chi connectivity index (χ3n) is 3.51. The Morgan fingerprint density at radius 2 is 1.96 bits per heavy atom. The average molecular weight is 336 g/mol. The number of carbonyl (C=O) groups is 2. The van der Waals surface area contributed by atoms with Crippen LogP contribution in [-0.4, -0.2) is 40.2 Å². The van der Waals surface area contributed by atoms with Crippen molar-refractivity contribution in [3.05, 3.63) is 35.9 Å². The van der Waals surface area contributed by atoms with E-state index >= 15 is 0 Å². The molecule has 2 rings (SSSR count). The number of nitrogens with one attached hydrogen (secondary N) is 1. The van der Waals surface area contributed by atoms with E-state index in [9.17, 15) is 9.59 Å². The molecule has 0 spiro atoms. The number of thioether (sulfide) groups is 1. The Morgan fingerprint density at radius 3 is 2.48 bits per heavy atom. The van der Waals surface area contributed by atoms with Crippen LogP contribution < -0.4 is 5.32 Å². The van der Waals surface area contributed by atoms with E-state index in [4.69, 9.17) is 4.74 Å². The molecule has 1 aromatic rings. The van der Waals surface area contributed by atoms with Crippen LogP contribution in [0.15, 0.2) is 30.3 Å². The van der Waals surface area contributed by atoms with Crippen LogP contribution in [0.2, 0.25) is 0 Å². The van der Waals surface area contributed by atoms with Gasteiger partial charge in [-0.2, -0.15) is 0 Å². The lowest BCUT2D eigenvalue weighted by Gasteiger charge is -2.32. The maximum atomic E-state index is 12.8. The Balaban J connectivity index is 2.26. The summed E-state index contributed by atoms with van der Waals surface area (Å²) in [5.74, 6) is 1.15. The highest BCUT2D eigenvalue weighted by Crippen LogP contribution is 2.25. The summed E-state index contributed by atoms with van der Waals surface area (Å²) in [5, 5.41) is 3.12. The summed E-state index contributed by atoms with van der Waals surface area (Å²) in [5.41, 5.74) is 0.251. The number of rotatable bonds is 3. The molecule has 1 saturated heterocycles. The van der Waals surface area contributed by atoms with Crippen LogP contribution >= 0.6 is 11.8 Å². The van der Waals surface area contributed by atoms with Gasteiger partial charge in [-0.05, 0) is 33.3 Å². The summed E-state index contributed by atoms with van der Waals surface area (Å²) < 4.78 is 5.45. The number of hydrogen-bond acceptors (Lipinski definition) is 5. The Labute approximate surface area is 141 Å². The number of carbonyl (C=O) groups excluding carboxylic acids is 2. The van der Waals surface area contributed by atoms with E-state index < -0.39 is 11.7 Å². The van der Waals surface area contributed by atoms with Crippen LogP contribution in [0, 0.1) is 0 Å². The van der Waals surface area contributed by atoms with E-state index in [0.29, 0.717) is 5.75 Å². The van der Waals surface area contributed by atoms with Gasteiger partial charge in [0.05, 0.1) is 12.1 Å². The van der Waals surface area contributed by atoms with Gasteiger partial charge in [0.2, 0.25) is 5.91 Å². The molecule has 23 heavy (non-hydrogen) atoms. The van der Waals surface area contributed by atoms with Crippen molar-refractivity contribution in [2.45, 2.75) is 45.4 Å². The van der Waals surface area contributed by atoms with Crippen molar-refractivity contribution in [1.82, 2.24) is 10.2 Å². The van der Waals surface area contributed by atoms with Gasteiger partial charge in [-0.1, -0.05) is 30.3 Å². The first-order valence-electron chi connectivity index (χ1n) is 7.72. The van der Waals surface area contributed by atoms with Gasteiger partial charge in [0.1, 0.15) is 5.60 Å². The van der Waals surface area contributed by atoms with Gasteiger partial charge in [0, 0.05) is 11.6 Å². The van der Waals surface area contributed by atoms with Crippen molar-refractivity contribution < 1.29 is 14.3 Å². The van der Waals surface area contributed by atoms with Crippen LogP contribution in [0.1, 0.15) is 39.3 Å². The normalized spacial score (nSPS) is 19.2. The van der Waals surface area contributed by atoms with Crippen molar-refractivity contribution in [2.75, 3.05) is 11.6 Å². The summed E-state index contributed by atoms with van der Waals surface area (Å²) in [6.45, 7) is 7.23. The molecule has 126 valence electrons. The second kappa shape index (κ2) is 7.36. The first-order valence-corrected chi connectivity index (χ1v) is 8.87. The largest absolute Gasteiger partial charge is 0.443 e. The highest BCUT2D eigenvalue weighted by atomic mass is 32.2. The second-order valence-electron chi connectivity index (χ2n) is 6.55. The first-order chi connectivity index (χ1) is 10.8. The Hall–Kier alpha value is -1.53. The van der Waals surface area contributed by atoms with E-state index in [-0.39, 0.29) is 18.0 Å². The average Bonchev–Trinajstić information content (AvgIpc) is 3.00. The van der Waals surface area contributed by atoms with Gasteiger partial charge in [0.25, 0.3) is 0 Å². The molecule has 1 aliphatic rings. The van der Waals surface area contributed by atoms with Gasteiger partial charge < -0.3 is 4.74 Å². The lowest BCUT2D eigenvalue weighted by atomic mass is 10.1. The fourth-order valence-corrected chi connectivity index (χ4v) is 3.29. The molecule has 6 heteroatoms. The highest BCUT2D eigenvalue weighted by molar-refractivity contribution is 7.99. The van der Waals surface area contributed by atoms with Crippen LogP contribution in [0.25, 0.3) is 0 Å². The third kappa shape index (κ3) is 4.72. The van der Waals surface area contributed by atoms with Gasteiger partial charge in [-0.3, -0.25) is 10.1 Å². The van der Waals surface area contributed by atoms with Crippen LogP contribution in [0.5, 0.6) is 0 Å². The van der Waals surface area contributed by atoms with E-state index in [0.717, 1.165) is 11.4 Å². The summed E-state index contributed by atoms with van der Waals surface area (Å²) in [7, 11) is 0. The zero-order valence-electron chi connectivity index (χ0n) is 14.0. The van der Waals surface area contributed by atoms with E-state index in [1.165, 1.54) is 4.90 Å². The molecule has 0 aromatic heterocycles. The smallest absolute Gasteiger partial charge is 0.417 e. The SMILES string of the molecule is C[C@H](c1ccccc1)N(C(=O)OC(C)(C)C)C(=O)[C@H]1CSCN1. The summed E-state index contributed by atoms with van der Waals surface area (Å²) in [4.78, 5) is 26.7. The molecule has 2 amide bonds. The molecule has 5 nitrogen and oxygen atoms in total. The van der Waals surface area contributed by atoms with Crippen molar-refractivity contribution in [1.29, 1.82) is 0 Å². The summed E-state index contributed by atoms with van der Waals surface area (Å²) in [6.07, 6.45) is -0.599. The van der Waals surface area contributed by atoms with Gasteiger partial charge in [0.15, 0.2) is 0 Å². The van der Waals surface area contributed by atoms with Crippen LogP contribution in [-0.2, 0) is 9.53 Å². The molecular weight excluding hydrogens is 312 g/mol. The van der Waals surface area contributed by atoms with E-state index in [1.807, 2.05) is 37.3 Å². The quantitative estimate of drug-likeness (QED) is 0.919. The number of hydrogen-bond donors (Lipinski definition) is 1. The van der Waals surface area contributed by atoms with Gasteiger partial charge in [-0.25, -0.2) is 9.69 Å². The molecule has 1 aliphatic heterocycles. The lowest BCUT2D eigenvalue weighted by molar-refractivity contribution is -0.133. The first kappa shape index (κ1) is 17.8. The number of imide groups is 1. The third-order valence-corrected chi connectivity index (χ3v) is 4.45. The van der Waals surface area contributed by atoms with Crippen LogP contribution in [0.3, 0.4) is 0 Å². The molecular formula is C17H24N2O3S. The predicted octanol–water partition coefficient (Wildman–Crippen LogP) is 3.17. The zero-order valence-corrected chi connectivity index (χ0v) is 14.9. The highest BCUT2D eigenvalue weighted by Gasteiger charge is 2.37. The molecule has 0 bridgehead atoms. The van der Waals surface area contributed by atoms with E-state index in [1.54, 1.807) is 32.5 Å². The lowest BCUT2D eigenvalue weighted by Crippen LogP contribution is -2.50. The van der Waals surface area contributed by atoms with Crippen LogP contribution in [0.4, 0.5) is 4.79 Å². The Morgan fingerprint density at radius 1 is 1.30 bits per heavy atom. The zero-order chi connectivity index (χ0) is 17.0. The van der Waals surface area contributed by atoms with Crippen molar-refractivity contribution >= 4 is 23.8 Å². The standard InChI is InChI=1S/C17H24N2O3S/c1-12(13-8-6-5-7-9-13)19(16(21)22-17(2,3)4)15(20)14-10-23-11-18-14/h5-9,12,14,18H,10-11H2,1-4H3/t12-,14-/m1/s1. The number of amides is 2. The maximum absolute atomic E-state index is 12.8. The number of ether oxygens (including phenoxy) is 1. The molecule has 1 N–H and O–H groups in total.